The summed E-state index contributed by atoms with van der Waals surface area (Å²) < 4.78 is 2.48. The molecule has 0 fully saturated rings. The Morgan fingerprint density at radius 3 is 2.45 bits per heavy atom. The number of hydrogen-bond donors (Lipinski definition) is 0. The minimum Gasteiger partial charge on any atom is -0.230 e. The minimum absolute atomic E-state index is 1.12. The van der Waals surface area contributed by atoms with Crippen LogP contribution in [0.5, 0.6) is 0 Å². The third kappa shape index (κ3) is 2.97. The van der Waals surface area contributed by atoms with E-state index in [0.29, 0.717) is 0 Å². The van der Waals surface area contributed by atoms with Crippen molar-refractivity contribution >= 4 is 46.6 Å². The molecule has 0 radical (unpaired) electrons. The van der Waals surface area contributed by atoms with Crippen LogP contribution in [0.4, 0.5) is 0 Å². The molecular formula is C16H17NS2Si. The van der Waals surface area contributed by atoms with Gasteiger partial charge in [0.05, 0.1) is 18.3 Å². The molecule has 102 valence electrons. The number of thiazole rings is 1. The fourth-order valence-electron chi connectivity index (χ4n) is 2.13. The molecule has 0 aliphatic heterocycles. The molecule has 4 heteroatoms. The van der Waals surface area contributed by atoms with Crippen LogP contribution in [0.3, 0.4) is 0 Å². The third-order valence-corrected chi connectivity index (χ3v) is 10.5. The summed E-state index contributed by atoms with van der Waals surface area (Å²) in [5, 5.41) is 2.70. The molecular weight excluding hydrogens is 298 g/mol. The molecule has 1 aromatic heterocycles. The number of aromatic nitrogens is 1. The predicted octanol–water partition coefficient (Wildman–Crippen LogP) is 4.54. The van der Waals surface area contributed by atoms with Crippen LogP contribution in [0.15, 0.2) is 58.9 Å². The Kier molecular flexibility index (Phi) is 3.96. The Morgan fingerprint density at radius 1 is 1.00 bits per heavy atom. The van der Waals surface area contributed by atoms with E-state index in [2.05, 4.69) is 67.7 Å². The highest BCUT2D eigenvalue weighted by molar-refractivity contribution is 8.02. The van der Waals surface area contributed by atoms with Crippen LogP contribution in [0, 0.1) is 0 Å². The number of thioether (sulfide) groups is 1. The zero-order chi connectivity index (χ0) is 14.0. The van der Waals surface area contributed by atoms with E-state index >= 15 is 0 Å². The van der Waals surface area contributed by atoms with Crippen molar-refractivity contribution in [2.24, 2.45) is 0 Å². The number of para-hydroxylation sites is 1. The van der Waals surface area contributed by atoms with Gasteiger partial charge < -0.3 is 0 Å². The fraction of sp³-hybridized carbons (Fsp3) is 0.188. The molecule has 3 rings (SSSR count). The Morgan fingerprint density at radius 2 is 1.70 bits per heavy atom. The van der Waals surface area contributed by atoms with Crippen LogP contribution in [-0.4, -0.2) is 18.4 Å². The number of rotatable bonds is 4. The standard InChI is InChI=1S/C16H17NS2Si/c1-20(2,13-8-4-3-5-9-13)12-18-16-17-14-10-6-7-11-15(14)19-16/h3-11H,12H2,1-2H3. The average molecular weight is 316 g/mol. The van der Waals surface area contributed by atoms with Gasteiger partial charge in [0.2, 0.25) is 0 Å². The molecule has 0 saturated carbocycles. The molecule has 0 unspecified atom stereocenters. The molecule has 1 heterocycles. The first-order valence-corrected chi connectivity index (χ1v) is 11.7. The molecule has 0 amide bonds. The third-order valence-electron chi connectivity index (χ3n) is 3.39. The second kappa shape index (κ2) is 5.72. The van der Waals surface area contributed by atoms with Gasteiger partial charge in [-0.15, -0.1) is 11.3 Å². The second-order valence-electron chi connectivity index (χ2n) is 5.49. The van der Waals surface area contributed by atoms with Crippen LogP contribution in [0.25, 0.3) is 10.2 Å². The Bertz CT molecular complexity index is 674. The van der Waals surface area contributed by atoms with Crippen LogP contribution >= 0.6 is 23.1 Å². The smallest absolute Gasteiger partial charge is 0.150 e. The van der Waals surface area contributed by atoms with E-state index in [9.17, 15) is 0 Å². The quantitative estimate of drug-likeness (QED) is 0.518. The van der Waals surface area contributed by atoms with Crippen molar-refractivity contribution in [3.63, 3.8) is 0 Å². The highest BCUT2D eigenvalue weighted by Gasteiger charge is 2.23. The summed E-state index contributed by atoms with van der Waals surface area (Å²) in [6.45, 7) is 4.87. The van der Waals surface area contributed by atoms with Gasteiger partial charge in [-0.1, -0.05) is 72.5 Å². The Labute approximate surface area is 129 Å². The highest BCUT2D eigenvalue weighted by Crippen LogP contribution is 2.30. The number of benzene rings is 2. The molecule has 20 heavy (non-hydrogen) atoms. The van der Waals surface area contributed by atoms with Gasteiger partial charge in [-0.25, -0.2) is 4.98 Å². The average Bonchev–Trinajstić information content (AvgIpc) is 2.89. The van der Waals surface area contributed by atoms with Gasteiger partial charge in [0.1, 0.15) is 0 Å². The summed E-state index contributed by atoms with van der Waals surface area (Å²) in [6, 6.07) is 19.3. The first kappa shape index (κ1) is 13.9. The Balaban J connectivity index is 1.75. The molecule has 0 bridgehead atoms. The maximum atomic E-state index is 4.71. The van der Waals surface area contributed by atoms with Crippen molar-refractivity contribution < 1.29 is 0 Å². The van der Waals surface area contributed by atoms with Crippen LogP contribution in [0.1, 0.15) is 0 Å². The van der Waals surface area contributed by atoms with Gasteiger partial charge >= 0.3 is 0 Å². The van der Waals surface area contributed by atoms with Crippen molar-refractivity contribution in [3.8, 4) is 0 Å². The highest BCUT2D eigenvalue weighted by atomic mass is 32.2. The topological polar surface area (TPSA) is 12.9 Å². The van der Waals surface area contributed by atoms with Crippen LogP contribution in [0.2, 0.25) is 13.1 Å². The number of hydrogen-bond acceptors (Lipinski definition) is 3. The normalized spacial score (nSPS) is 11.9. The lowest BCUT2D eigenvalue weighted by molar-refractivity contribution is 1.31. The largest absolute Gasteiger partial charge is 0.230 e. The first-order chi connectivity index (χ1) is 9.65. The molecule has 3 aromatic rings. The van der Waals surface area contributed by atoms with Crippen LogP contribution in [-0.2, 0) is 0 Å². The summed E-state index contributed by atoms with van der Waals surface area (Å²) in [5.74, 6) is 0. The van der Waals surface area contributed by atoms with E-state index in [4.69, 9.17) is 4.98 Å². The van der Waals surface area contributed by atoms with E-state index in [1.807, 2.05) is 23.1 Å². The maximum absolute atomic E-state index is 4.71. The van der Waals surface area contributed by atoms with E-state index in [1.54, 1.807) is 0 Å². The minimum atomic E-state index is -1.38. The van der Waals surface area contributed by atoms with E-state index in [-0.39, 0.29) is 0 Å². The predicted molar refractivity (Wildman–Crippen MR) is 93.9 cm³/mol. The maximum Gasteiger partial charge on any atom is 0.150 e. The Hall–Kier alpha value is -1.10. The molecule has 2 aromatic carbocycles. The lowest BCUT2D eigenvalue weighted by Crippen LogP contribution is -2.44. The number of fused-ring (bicyclic) bond motifs is 1. The second-order valence-corrected chi connectivity index (χ2v) is 13.0. The monoisotopic (exact) mass is 315 g/mol. The van der Waals surface area contributed by atoms with E-state index < -0.39 is 8.07 Å². The molecule has 0 saturated heterocycles. The first-order valence-electron chi connectivity index (χ1n) is 6.69. The van der Waals surface area contributed by atoms with Gasteiger partial charge in [-0.2, -0.15) is 0 Å². The molecule has 0 aliphatic carbocycles. The molecule has 0 spiro atoms. The van der Waals surface area contributed by atoms with Crippen molar-refractivity contribution in [1.29, 1.82) is 0 Å². The van der Waals surface area contributed by atoms with Crippen molar-refractivity contribution in [3.05, 3.63) is 54.6 Å². The van der Waals surface area contributed by atoms with E-state index in [1.165, 1.54) is 19.6 Å². The summed E-state index contributed by atoms with van der Waals surface area (Å²) in [7, 11) is -1.38. The molecule has 0 N–H and O–H groups in total. The summed E-state index contributed by atoms with van der Waals surface area (Å²) in [5.41, 5.74) is 1.12. The van der Waals surface area contributed by atoms with Gasteiger partial charge in [-0.05, 0) is 17.5 Å². The van der Waals surface area contributed by atoms with Gasteiger partial charge in [0.15, 0.2) is 4.34 Å². The molecule has 1 nitrogen and oxygen atoms in total. The van der Waals surface area contributed by atoms with Gasteiger partial charge in [0.25, 0.3) is 0 Å². The summed E-state index contributed by atoms with van der Waals surface area (Å²) >= 11 is 3.72. The van der Waals surface area contributed by atoms with Crippen molar-refractivity contribution in [2.75, 3.05) is 5.38 Å². The fourth-order valence-corrected chi connectivity index (χ4v) is 7.72. The van der Waals surface area contributed by atoms with E-state index in [0.717, 1.165) is 5.52 Å². The molecule has 0 atom stereocenters. The van der Waals surface area contributed by atoms with Crippen LogP contribution < -0.4 is 5.19 Å². The zero-order valence-corrected chi connectivity index (χ0v) is 14.3. The van der Waals surface area contributed by atoms with Crippen molar-refractivity contribution in [2.45, 2.75) is 17.4 Å². The van der Waals surface area contributed by atoms with Crippen molar-refractivity contribution in [1.82, 2.24) is 4.98 Å². The van der Waals surface area contributed by atoms with Gasteiger partial charge in [0, 0.05) is 0 Å². The van der Waals surface area contributed by atoms with Gasteiger partial charge in [-0.3, -0.25) is 0 Å². The summed E-state index contributed by atoms with van der Waals surface area (Å²) in [6.07, 6.45) is 0. The number of nitrogens with zero attached hydrogens (tertiary/aromatic N) is 1. The molecule has 0 aliphatic rings. The summed E-state index contributed by atoms with van der Waals surface area (Å²) in [4.78, 5) is 4.71. The lowest BCUT2D eigenvalue weighted by atomic mass is 10.3. The lowest BCUT2D eigenvalue weighted by Gasteiger charge is -2.21. The SMILES string of the molecule is C[Si](C)(CSc1nc2ccccc2s1)c1ccccc1. The zero-order valence-electron chi connectivity index (χ0n) is 11.7.